The molecule has 0 saturated carbocycles. The normalized spacial score (nSPS) is 11.8. The van der Waals surface area contributed by atoms with Crippen LogP contribution in [0.15, 0.2) is 97.3 Å². The third kappa shape index (κ3) is 12.3. The molecule has 0 amide bonds. The number of hydrogen-bond donors (Lipinski definition) is 2. The fourth-order valence-corrected chi connectivity index (χ4v) is 6.43. The van der Waals surface area contributed by atoms with Crippen LogP contribution in [-0.4, -0.2) is 37.5 Å². The first-order valence-corrected chi connectivity index (χ1v) is 19.2. The zero-order valence-corrected chi connectivity index (χ0v) is 34.2. The molecule has 4 aromatic carbocycles. The van der Waals surface area contributed by atoms with E-state index < -0.39 is 101 Å². The van der Waals surface area contributed by atoms with E-state index in [1.807, 2.05) is 0 Å². The Balaban J connectivity index is 0.000000245. The molecule has 0 atom stereocenters. The largest absolute Gasteiger partial charge is 0.481 e. The smallest absolute Gasteiger partial charge is 0.458 e. The molecule has 0 aliphatic carbocycles. The van der Waals surface area contributed by atoms with E-state index in [4.69, 9.17) is 42.9 Å². The van der Waals surface area contributed by atoms with Crippen LogP contribution in [0.2, 0.25) is 10.0 Å². The maximum Gasteiger partial charge on any atom is 0.458 e. The lowest BCUT2D eigenvalue weighted by molar-refractivity contribution is -0.289. The van der Waals surface area contributed by atoms with E-state index in [0.29, 0.717) is 16.8 Å². The summed E-state index contributed by atoms with van der Waals surface area (Å²) in [5.74, 6) is -14.3. The van der Waals surface area contributed by atoms with Crippen molar-refractivity contribution in [1.29, 1.82) is 0 Å². The number of carboxylic acids is 2. The van der Waals surface area contributed by atoms with Crippen LogP contribution >= 0.6 is 23.2 Å². The molecular weight excluding hydrogens is 939 g/mol. The molecule has 2 heterocycles. The number of ether oxygens (including phenoxy) is 2. The number of aliphatic carboxylic acids is 2. The van der Waals surface area contributed by atoms with Crippen molar-refractivity contribution in [2.24, 2.45) is 0 Å². The molecule has 22 heteroatoms. The molecular formula is C43H30Cl2F12N2O6. The molecule has 0 aliphatic heterocycles. The third-order valence-electron chi connectivity index (χ3n) is 9.27. The van der Waals surface area contributed by atoms with E-state index in [9.17, 15) is 62.3 Å². The van der Waals surface area contributed by atoms with Crippen LogP contribution in [0.25, 0.3) is 11.4 Å². The second-order valence-electron chi connectivity index (χ2n) is 13.8. The van der Waals surface area contributed by atoms with E-state index in [0.717, 1.165) is 41.1 Å². The zero-order valence-electron chi connectivity index (χ0n) is 32.7. The molecule has 0 spiro atoms. The first-order valence-electron chi connectivity index (χ1n) is 18.5. The predicted molar refractivity (Wildman–Crippen MR) is 210 cm³/mol. The molecule has 0 bridgehead atoms. The van der Waals surface area contributed by atoms with Gasteiger partial charge in [-0.2, -0.15) is 35.1 Å². The molecule has 0 unspecified atom stereocenters. The van der Waals surface area contributed by atoms with Crippen LogP contribution in [0.3, 0.4) is 0 Å². The monoisotopic (exact) mass is 968 g/mol. The predicted octanol–water partition coefficient (Wildman–Crippen LogP) is 12.7. The molecule has 346 valence electrons. The molecule has 0 radical (unpaired) electrons. The highest BCUT2D eigenvalue weighted by atomic mass is 35.5. The molecule has 6 aromatic rings. The van der Waals surface area contributed by atoms with Crippen LogP contribution in [0, 0.1) is 23.3 Å². The number of halogens is 14. The fraction of sp³-hybridized carbons (Fsp3) is 0.209. The van der Waals surface area contributed by atoms with Gasteiger partial charge in [0, 0.05) is 46.7 Å². The number of carboxylic acid groups (broad SMARTS) is 2. The fourth-order valence-electron chi connectivity index (χ4n) is 6.18. The Morgan fingerprint density at radius 2 is 0.877 bits per heavy atom. The molecule has 0 fully saturated rings. The van der Waals surface area contributed by atoms with Gasteiger partial charge in [0.2, 0.25) is 0 Å². The van der Waals surface area contributed by atoms with Crippen LogP contribution < -0.4 is 9.47 Å². The second kappa shape index (κ2) is 20.3. The number of alkyl halides is 8. The summed E-state index contributed by atoms with van der Waals surface area (Å²) in [4.78, 5) is 21.2. The lowest BCUT2D eigenvalue weighted by atomic mass is 10.1. The minimum absolute atomic E-state index is 0.00131. The van der Waals surface area contributed by atoms with E-state index in [1.165, 1.54) is 59.3 Å². The Hall–Kier alpha value is -6.28. The van der Waals surface area contributed by atoms with E-state index in [1.54, 1.807) is 0 Å². The molecule has 65 heavy (non-hydrogen) atoms. The Bertz CT molecular complexity index is 2600. The summed E-state index contributed by atoms with van der Waals surface area (Å²) in [5, 5.41) is 18.0. The summed E-state index contributed by atoms with van der Waals surface area (Å²) < 4.78 is 178. The van der Waals surface area contributed by atoms with Gasteiger partial charge in [0.05, 0.1) is 22.5 Å². The number of aryl methyl sites for hydroxylation is 2. The van der Waals surface area contributed by atoms with Crippen LogP contribution in [0.4, 0.5) is 52.7 Å². The maximum atomic E-state index is 14.4. The minimum atomic E-state index is -5.93. The summed E-state index contributed by atoms with van der Waals surface area (Å²) in [5.41, 5.74) is -2.93. The summed E-state index contributed by atoms with van der Waals surface area (Å²) in [6.45, 7) is -1.81. The Morgan fingerprint density at radius 1 is 0.538 bits per heavy atom. The molecule has 6 rings (SSSR count). The second-order valence-corrected chi connectivity index (χ2v) is 14.6. The number of rotatable bonds is 15. The average Bonchev–Trinajstić information content (AvgIpc) is 3.85. The van der Waals surface area contributed by atoms with Gasteiger partial charge in [0.25, 0.3) is 0 Å². The van der Waals surface area contributed by atoms with Gasteiger partial charge >= 0.3 is 30.2 Å². The van der Waals surface area contributed by atoms with Crippen molar-refractivity contribution >= 4 is 35.1 Å². The number of carbonyl (C=O) groups is 2. The highest BCUT2D eigenvalue weighted by Crippen LogP contribution is 2.46. The molecule has 2 aromatic heterocycles. The van der Waals surface area contributed by atoms with Crippen LogP contribution in [0.1, 0.15) is 46.5 Å². The van der Waals surface area contributed by atoms with E-state index in [-0.39, 0.29) is 46.8 Å². The van der Waals surface area contributed by atoms with Gasteiger partial charge in [-0.1, -0.05) is 23.2 Å². The van der Waals surface area contributed by atoms with Crippen molar-refractivity contribution in [3.8, 4) is 22.9 Å². The van der Waals surface area contributed by atoms with Gasteiger partial charge in [-0.3, -0.25) is 9.59 Å². The zero-order chi connectivity index (χ0) is 48.0. The quantitative estimate of drug-likeness (QED) is 0.0994. The van der Waals surface area contributed by atoms with E-state index in [2.05, 4.69) is 0 Å². The van der Waals surface area contributed by atoms with Gasteiger partial charge in [0.15, 0.2) is 34.8 Å². The molecule has 0 saturated heterocycles. The standard InChI is InChI=1S/C22H15ClF7NO3.C21H15ClF5NO3/c23-13-2-4-14(5-3-13)31-8-7-15(21(26,27)22(28,29)30)18(31)11-34-20-16(24)9-12(10-17(20)25)1-6-19(32)33;22-13-2-4-14(5-3-13)28-8-7-15(21(25,26)27)18(28)11-31-20-16(23)9-12(10-17(20)24)1-6-19(29)30/h2-5,7-10H,1,6,11H2,(H,32,33);2-5,7-10H,1,6,11H2,(H,29,30). The summed E-state index contributed by atoms with van der Waals surface area (Å²) in [6, 6.07) is 16.2. The Morgan fingerprint density at radius 3 is 1.20 bits per heavy atom. The number of nitrogens with zero attached hydrogens (tertiary/aromatic N) is 2. The van der Waals surface area contributed by atoms with Gasteiger partial charge in [-0.15, -0.1) is 0 Å². The molecule has 0 aliphatic rings. The summed E-state index contributed by atoms with van der Waals surface area (Å²) >= 11 is 11.6. The lowest BCUT2D eigenvalue weighted by Gasteiger charge is -2.21. The van der Waals surface area contributed by atoms with Crippen molar-refractivity contribution < 1.29 is 82.0 Å². The van der Waals surface area contributed by atoms with Crippen molar-refractivity contribution in [3.63, 3.8) is 0 Å². The molecule has 2 N–H and O–H groups in total. The topological polar surface area (TPSA) is 103 Å². The van der Waals surface area contributed by atoms with Crippen molar-refractivity contribution in [2.45, 2.75) is 57.2 Å². The van der Waals surface area contributed by atoms with Gasteiger partial charge < -0.3 is 28.8 Å². The highest BCUT2D eigenvalue weighted by Gasteiger charge is 2.60. The van der Waals surface area contributed by atoms with Crippen LogP contribution in [-0.2, 0) is 47.7 Å². The average molecular weight is 970 g/mol. The first-order chi connectivity index (χ1) is 30.4. The van der Waals surface area contributed by atoms with Crippen LogP contribution in [0.5, 0.6) is 11.5 Å². The van der Waals surface area contributed by atoms with Crippen molar-refractivity contribution in [3.05, 3.63) is 164 Å². The third-order valence-corrected chi connectivity index (χ3v) is 9.77. The van der Waals surface area contributed by atoms with Crippen molar-refractivity contribution in [2.75, 3.05) is 0 Å². The SMILES string of the molecule is O=C(O)CCc1cc(F)c(OCc2c(C(F)(F)C(F)(F)F)ccn2-c2ccc(Cl)cc2)c(F)c1.O=C(O)CCc1cc(F)c(OCc2c(C(F)(F)F)ccn2-c2ccc(Cl)cc2)c(F)c1. The lowest BCUT2D eigenvalue weighted by Crippen LogP contribution is -2.34. The maximum absolute atomic E-state index is 14.4. The number of hydrogen-bond acceptors (Lipinski definition) is 4. The molecule has 8 nitrogen and oxygen atoms in total. The Kier molecular flexibility index (Phi) is 15.5. The number of aromatic nitrogens is 2. The highest BCUT2D eigenvalue weighted by molar-refractivity contribution is 6.30. The van der Waals surface area contributed by atoms with Gasteiger partial charge in [0.1, 0.15) is 13.2 Å². The summed E-state index contributed by atoms with van der Waals surface area (Å²) in [6.07, 6.45) is -9.56. The Labute approximate surface area is 369 Å². The van der Waals surface area contributed by atoms with Crippen molar-refractivity contribution in [1.82, 2.24) is 9.13 Å². The minimum Gasteiger partial charge on any atom is -0.481 e. The number of benzene rings is 4. The van der Waals surface area contributed by atoms with Gasteiger partial charge in [-0.05, 0) is 109 Å². The first kappa shape index (κ1) is 49.7. The van der Waals surface area contributed by atoms with E-state index >= 15 is 0 Å². The summed E-state index contributed by atoms with van der Waals surface area (Å²) in [7, 11) is 0. The van der Waals surface area contributed by atoms with Gasteiger partial charge in [-0.25, -0.2) is 17.6 Å².